The lowest BCUT2D eigenvalue weighted by Crippen LogP contribution is -2.40. The molecule has 0 aliphatic carbocycles. The Morgan fingerprint density at radius 2 is 1.73 bits per heavy atom. The molecular weight excluding hydrogens is 328 g/mol. The molecule has 0 aromatic heterocycles. The maximum atomic E-state index is 12.2. The van der Waals surface area contributed by atoms with Gasteiger partial charge in [0.2, 0.25) is 11.8 Å². The number of anilines is 1. The standard InChI is InChI=1S/C21H24N2O3/c1-14-5-9-18(13-15(14)2)23-21(25)16(3)22-20(24)12-8-17-6-10-19(26-4)11-7-17/h5-13,16H,1-4H3,(H,22,24)(H,23,25). The highest BCUT2D eigenvalue weighted by molar-refractivity contribution is 5.99. The van der Waals surface area contributed by atoms with Crippen molar-refractivity contribution in [3.63, 3.8) is 0 Å². The van der Waals surface area contributed by atoms with Crippen molar-refractivity contribution in [3.8, 4) is 5.75 Å². The maximum Gasteiger partial charge on any atom is 0.246 e. The highest BCUT2D eigenvalue weighted by atomic mass is 16.5. The predicted molar refractivity (Wildman–Crippen MR) is 104 cm³/mol. The van der Waals surface area contributed by atoms with E-state index in [1.54, 1.807) is 20.1 Å². The first kappa shape index (κ1) is 19.2. The number of carbonyl (C=O) groups is 2. The number of benzene rings is 2. The number of nitrogens with one attached hydrogen (secondary N) is 2. The van der Waals surface area contributed by atoms with Gasteiger partial charge in [-0.15, -0.1) is 0 Å². The molecule has 26 heavy (non-hydrogen) atoms. The van der Waals surface area contributed by atoms with E-state index in [4.69, 9.17) is 4.74 Å². The van der Waals surface area contributed by atoms with Gasteiger partial charge >= 0.3 is 0 Å². The molecule has 0 saturated carbocycles. The summed E-state index contributed by atoms with van der Waals surface area (Å²) in [6.45, 7) is 5.65. The zero-order chi connectivity index (χ0) is 19.1. The zero-order valence-electron chi connectivity index (χ0n) is 15.5. The van der Waals surface area contributed by atoms with Gasteiger partial charge in [0.1, 0.15) is 11.8 Å². The van der Waals surface area contributed by atoms with Gasteiger partial charge in [-0.25, -0.2) is 0 Å². The van der Waals surface area contributed by atoms with Gasteiger partial charge in [-0.05, 0) is 67.8 Å². The van der Waals surface area contributed by atoms with Crippen molar-refractivity contribution < 1.29 is 14.3 Å². The third kappa shape index (κ3) is 5.48. The van der Waals surface area contributed by atoms with E-state index in [-0.39, 0.29) is 11.8 Å². The third-order valence-corrected chi connectivity index (χ3v) is 4.07. The highest BCUT2D eigenvalue weighted by Crippen LogP contribution is 2.14. The first-order valence-corrected chi connectivity index (χ1v) is 8.40. The fraction of sp³-hybridized carbons (Fsp3) is 0.238. The Kier molecular flexibility index (Phi) is 6.55. The molecule has 0 aliphatic rings. The van der Waals surface area contributed by atoms with Gasteiger partial charge in [0, 0.05) is 11.8 Å². The van der Waals surface area contributed by atoms with Crippen LogP contribution in [0.15, 0.2) is 48.5 Å². The Hall–Kier alpha value is -3.08. The number of rotatable bonds is 6. The summed E-state index contributed by atoms with van der Waals surface area (Å²) in [6.07, 6.45) is 3.09. The van der Waals surface area contributed by atoms with Crippen molar-refractivity contribution in [1.29, 1.82) is 0 Å². The first-order chi connectivity index (χ1) is 12.4. The molecule has 2 aromatic rings. The van der Waals surface area contributed by atoms with Crippen LogP contribution in [-0.4, -0.2) is 25.0 Å². The van der Waals surface area contributed by atoms with E-state index in [0.29, 0.717) is 5.69 Å². The molecule has 1 atom stereocenters. The van der Waals surface area contributed by atoms with Crippen LogP contribution in [0.25, 0.3) is 6.08 Å². The molecule has 1 unspecified atom stereocenters. The lowest BCUT2D eigenvalue weighted by molar-refractivity contribution is -0.123. The van der Waals surface area contributed by atoms with Crippen LogP contribution in [0, 0.1) is 13.8 Å². The fourth-order valence-electron chi connectivity index (χ4n) is 2.28. The smallest absolute Gasteiger partial charge is 0.246 e. The minimum Gasteiger partial charge on any atom is -0.497 e. The quantitative estimate of drug-likeness (QED) is 0.782. The average Bonchev–Trinajstić information content (AvgIpc) is 2.63. The van der Waals surface area contributed by atoms with E-state index in [0.717, 1.165) is 22.4 Å². The molecule has 2 aromatic carbocycles. The van der Waals surface area contributed by atoms with Crippen LogP contribution < -0.4 is 15.4 Å². The number of aryl methyl sites for hydroxylation is 2. The second-order valence-corrected chi connectivity index (χ2v) is 6.13. The lowest BCUT2D eigenvalue weighted by Gasteiger charge is -2.14. The Labute approximate surface area is 154 Å². The summed E-state index contributed by atoms with van der Waals surface area (Å²) in [5, 5.41) is 5.47. The van der Waals surface area contributed by atoms with Gasteiger partial charge in [0.25, 0.3) is 0 Å². The molecule has 2 N–H and O–H groups in total. The maximum absolute atomic E-state index is 12.2. The van der Waals surface area contributed by atoms with Gasteiger partial charge in [-0.1, -0.05) is 18.2 Å². The first-order valence-electron chi connectivity index (χ1n) is 8.40. The van der Waals surface area contributed by atoms with Crippen LogP contribution in [0.2, 0.25) is 0 Å². The summed E-state index contributed by atoms with van der Waals surface area (Å²) >= 11 is 0. The van der Waals surface area contributed by atoms with E-state index in [9.17, 15) is 9.59 Å². The van der Waals surface area contributed by atoms with E-state index in [2.05, 4.69) is 10.6 Å². The fourth-order valence-corrected chi connectivity index (χ4v) is 2.28. The highest BCUT2D eigenvalue weighted by Gasteiger charge is 2.14. The minimum absolute atomic E-state index is 0.264. The topological polar surface area (TPSA) is 67.4 Å². The second-order valence-electron chi connectivity index (χ2n) is 6.13. The summed E-state index contributed by atoms with van der Waals surface area (Å²) in [4.78, 5) is 24.2. The van der Waals surface area contributed by atoms with Crippen LogP contribution in [0.3, 0.4) is 0 Å². The van der Waals surface area contributed by atoms with Crippen molar-refractivity contribution in [2.75, 3.05) is 12.4 Å². The molecule has 2 rings (SSSR count). The molecule has 0 spiro atoms. The summed E-state index contributed by atoms with van der Waals surface area (Å²) in [5.41, 5.74) is 3.84. The van der Waals surface area contributed by atoms with Crippen LogP contribution in [-0.2, 0) is 9.59 Å². The summed E-state index contributed by atoms with van der Waals surface area (Å²) in [7, 11) is 1.60. The van der Waals surface area contributed by atoms with E-state index >= 15 is 0 Å². The lowest BCUT2D eigenvalue weighted by atomic mass is 10.1. The molecule has 0 bridgehead atoms. The third-order valence-electron chi connectivity index (χ3n) is 4.07. The molecule has 2 amide bonds. The summed E-state index contributed by atoms with van der Waals surface area (Å²) in [6, 6.07) is 12.4. The molecule has 5 heteroatoms. The Balaban J connectivity index is 1.89. The largest absolute Gasteiger partial charge is 0.497 e. The molecule has 0 saturated heterocycles. The minimum atomic E-state index is -0.648. The van der Waals surface area contributed by atoms with Crippen molar-refractivity contribution >= 4 is 23.6 Å². The van der Waals surface area contributed by atoms with Crippen LogP contribution in [0.4, 0.5) is 5.69 Å². The molecule has 0 fully saturated rings. The monoisotopic (exact) mass is 352 g/mol. The van der Waals surface area contributed by atoms with Gasteiger partial charge in [0.15, 0.2) is 0 Å². The number of carbonyl (C=O) groups excluding carboxylic acids is 2. The van der Waals surface area contributed by atoms with E-state index in [1.807, 2.05) is 56.3 Å². The summed E-state index contributed by atoms with van der Waals surface area (Å²) in [5.74, 6) is 0.159. The molecular formula is C21H24N2O3. The Morgan fingerprint density at radius 3 is 2.35 bits per heavy atom. The van der Waals surface area contributed by atoms with Crippen molar-refractivity contribution in [1.82, 2.24) is 5.32 Å². The molecule has 5 nitrogen and oxygen atoms in total. The molecule has 0 aliphatic heterocycles. The van der Waals surface area contributed by atoms with Crippen LogP contribution >= 0.6 is 0 Å². The molecule has 0 heterocycles. The van der Waals surface area contributed by atoms with E-state index < -0.39 is 6.04 Å². The average molecular weight is 352 g/mol. The Bertz CT molecular complexity index is 811. The van der Waals surface area contributed by atoms with Crippen molar-refractivity contribution in [2.45, 2.75) is 26.8 Å². The van der Waals surface area contributed by atoms with Crippen LogP contribution in [0.1, 0.15) is 23.6 Å². The Morgan fingerprint density at radius 1 is 1.04 bits per heavy atom. The normalized spacial score (nSPS) is 11.8. The molecule has 136 valence electrons. The SMILES string of the molecule is COc1ccc(C=CC(=O)NC(C)C(=O)Nc2ccc(C)c(C)c2)cc1. The number of amides is 2. The summed E-state index contributed by atoms with van der Waals surface area (Å²) < 4.78 is 5.09. The van der Waals surface area contributed by atoms with Gasteiger partial charge in [0.05, 0.1) is 7.11 Å². The second kappa shape index (κ2) is 8.85. The zero-order valence-corrected chi connectivity index (χ0v) is 15.5. The number of hydrogen-bond acceptors (Lipinski definition) is 3. The van der Waals surface area contributed by atoms with Gasteiger partial charge in [-0.2, -0.15) is 0 Å². The van der Waals surface area contributed by atoms with Crippen LogP contribution in [0.5, 0.6) is 5.75 Å². The number of ether oxygens (including phenoxy) is 1. The van der Waals surface area contributed by atoms with Crippen molar-refractivity contribution in [2.24, 2.45) is 0 Å². The van der Waals surface area contributed by atoms with Crippen molar-refractivity contribution in [3.05, 3.63) is 65.2 Å². The van der Waals surface area contributed by atoms with E-state index in [1.165, 1.54) is 6.08 Å². The van der Waals surface area contributed by atoms with Gasteiger partial charge in [-0.3, -0.25) is 9.59 Å². The van der Waals surface area contributed by atoms with Gasteiger partial charge < -0.3 is 15.4 Å². The predicted octanol–water partition coefficient (Wildman–Crippen LogP) is 3.47. The number of methoxy groups -OCH3 is 1. The number of hydrogen-bond donors (Lipinski definition) is 2. The molecule has 0 radical (unpaired) electrons.